The van der Waals surface area contributed by atoms with Crippen LogP contribution < -0.4 is 4.74 Å². The molecule has 17 heavy (non-hydrogen) atoms. The molecule has 0 radical (unpaired) electrons. The van der Waals surface area contributed by atoms with Crippen molar-refractivity contribution in [3.8, 4) is 5.75 Å². The van der Waals surface area contributed by atoms with Gasteiger partial charge < -0.3 is 9.84 Å². The van der Waals surface area contributed by atoms with E-state index < -0.39 is 11.4 Å². The molecule has 94 valence electrons. The first-order valence-electron chi connectivity index (χ1n) is 5.80. The van der Waals surface area contributed by atoms with E-state index in [-0.39, 0.29) is 0 Å². The lowest BCUT2D eigenvalue weighted by Crippen LogP contribution is -2.26. The Labute approximate surface area is 102 Å². The summed E-state index contributed by atoms with van der Waals surface area (Å²) in [4.78, 5) is 11.1. The van der Waals surface area contributed by atoms with E-state index in [9.17, 15) is 4.79 Å². The Morgan fingerprint density at radius 2 is 2.06 bits per heavy atom. The number of aliphatic carboxylic acids is 1. The maximum absolute atomic E-state index is 11.1. The Hall–Kier alpha value is -1.51. The molecule has 1 rings (SSSR count). The van der Waals surface area contributed by atoms with Crippen molar-refractivity contribution in [3.05, 3.63) is 29.3 Å². The largest absolute Gasteiger partial charge is 0.496 e. The van der Waals surface area contributed by atoms with E-state index in [1.807, 2.05) is 18.2 Å². The third-order valence-corrected chi connectivity index (χ3v) is 2.96. The van der Waals surface area contributed by atoms with Gasteiger partial charge in [-0.15, -0.1) is 0 Å². The van der Waals surface area contributed by atoms with E-state index in [2.05, 4.69) is 6.92 Å². The Balaban J connectivity index is 3.07. The number of ether oxygens (including phenoxy) is 1. The fraction of sp³-hybridized carbons (Fsp3) is 0.500. The Kier molecular flexibility index (Phi) is 4.16. The minimum absolute atomic E-state index is 0.472. The molecule has 0 bridgehead atoms. The summed E-state index contributed by atoms with van der Waals surface area (Å²) < 4.78 is 5.28. The van der Waals surface area contributed by atoms with Crippen molar-refractivity contribution in [1.82, 2.24) is 0 Å². The lowest BCUT2D eigenvalue weighted by molar-refractivity contribution is -0.146. The van der Waals surface area contributed by atoms with Crippen LogP contribution in [0, 0.1) is 5.41 Å². The van der Waals surface area contributed by atoms with Gasteiger partial charge in [-0.1, -0.05) is 19.1 Å². The highest BCUT2D eigenvalue weighted by molar-refractivity contribution is 5.74. The van der Waals surface area contributed by atoms with Gasteiger partial charge in [0.1, 0.15) is 5.75 Å². The number of rotatable bonds is 5. The van der Waals surface area contributed by atoms with Crippen molar-refractivity contribution in [1.29, 1.82) is 0 Å². The van der Waals surface area contributed by atoms with Gasteiger partial charge >= 0.3 is 5.97 Å². The fourth-order valence-corrected chi connectivity index (χ4v) is 1.74. The molecule has 0 saturated carbocycles. The zero-order valence-corrected chi connectivity index (χ0v) is 10.9. The van der Waals surface area contributed by atoms with Gasteiger partial charge in [0.2, 0.25) is 0 Å². The number of carboxylic acids is 1. The van der Waals surface area contributed by atoms with E-state index in [0.717, 1.165) is 17.7 Å². The molecule has 3 heteroatoms. The normalized spacial score (nSPS) is 11.3. The van der Waals surface area contributed by atoms with Crippen LogP contribution in [0.15, 0.2) is 18.2 Å². The number of hydrogen-bond donors (Lipinski definition) is 1. The maximum atomic E-state index is 11.1. The van der Waals surface area contributed by atoms with Gasteiger partial charge in [-0.3, -0.25) is 4.79 Å². The van der Waals surface area contributed by atoms with Gasteiger partial charge in [0.25, 0.3) is 0 Å². The fourth-order valence-electron chi connectivity index (χ4n) is 1.74. The van der Waals surface area contributed by atoms with Crippen LogP contribution in [0.3, 0.4) is 0 Å². The molecule has 0 aliphatic carbocycles. The monoisotopic (exact) mass is 236 g/mol. The number of methoxy groups -OCH3 is 1. The van der Waals surface area contributed by atoms with Crippen molar-refractivity contribution < 1.29 is 14.6 Å². The van der Waals surface area contributed by atoms with Crippen LogP contribution in [0.5, 0.6) is 5.75 Å². The number of carboxylic acid groups (broad SMARTS) is 1. The van der Waals surface area contributed by atoms with Crippen LogP contribution in [0.1, 0.15) is 31.9 Å². The molecule has 0 atom stereocenters. The van der Waals surface area contributed by atoms with Gasteiger partial charge in [-0.25, -0.2) is 0 Å². The van der Waals surface area contributed by atoms with E-state index in [4.69, 9.17) is 9.84 Å². The summed E-state index contributed by atoms with van der Waals surface area (Å²) in [7, 11) is 1.61. The van der Waals surface area contributed by atoms with Crippen LogP contribution in [0.4, 0.5) is 0 Å². The van der Waals surface area contributed by atoms with Gasteiger partial charge in [0.05, 0.1) is 12.5 Å². The Bertz CT molecular complexity index is 408. The number of hydrogen-bond acceptors (Lipinski definition) is 2. The Morgan fingerprint density at radius 1 is 1.41 bits per heavy atom. The molecule has 0 saturated heterocycles. The minimum Gasteiger partial charge on any atom is -0.496 e. The van der Waals surface area contributed by atoms with Crippen molar-refractivity contribution in [2.24, 2.45) is 5.41 Å². The SMILES string of the molecule is CCc1ccc(OC)c(CC(C)(C)C(=O)O)c1. The van der Waals surface area contributed by atoms with Gasteiger partial charge in [0, 0.05) is 0 Å². The van der Waals surface area contributed by atoms with E-state index in [0.29, 0.717) is 6.42 Å². The topological polar surface area (TPSA) is 46.5 Å². The molecule has 0 aromatic heterocycles. The first-order chi connectivity index (χ1) is 7.90. The molecule has 3 nitrogen and oxygen atoms in total. The standard InChI is InChI=1S/C14H20O3/c1-5-10-6-7-12(17-4)11(8-10)9-14(2,3)13(15)16/h6-8H,5,9H2,1-4H3,(H,15,16). The quantitative estimate of drug-likeness (QED) is 0.855. The highest BCUT2D eigenvalue weighted by atomic mass is 16.5. The van der Waals surface area contributed by atoms with Crippen LogP contribution in [0.2, 0.25) is 0 Å². The maximum Gasteiger partial charge on any atom is 0.309 e. The number of benzene rings is 1. The zero-order valence-electron chi connectivity index (χ0n) is 10.9. The predicted octanol–water partition coefficient (Wildman–Crippen LogP) is 2.91. The molecular formula is C14H20O3. The second-order valence-corrected chi connectivity index (χ2v) is 4.87. The summed E-state index contributed by atoms with van der Waals surface area (Å²) in [6.45, 7) is 5.54. The molecule has 0 spiro atoms. The average Bonchev–Trinajstić information content (AvgIpc) is 2.28. The first kappa shape index (κ1) is 13.6. The molecule has 1 aromatic rings. The van der Waals surface area contributed by atoms with Crippen molar-refractivity contribution in [3.63, 3.8) is 0 Å². The lowest BCUT2D eigenvalue weighted by atomic mass is 9.85. The molecule has 0 fully saturated rings. The lowest BCUT2D eigenvalue weighted by Gasteiger charge is -2.21. The number of carbonyl (C=O) groups is 1. The highest BCUT2D eigenvalue weighted by Crippen LogP contribution is 2.29. The van der Waals surface area contributed by atoms with Crippen LogP contribution >= 0.6 is 0 Å². The van der Waals surface area contributed by atoms with Crippen molar-refractivity contribution >= 4 is 5.97 Å². The third kappa shape index (κ3) is 3.22. The molecule has 0 amide bonds. The summed E-state index contributed by atoms with van der Waals surface area (Å²) in [5.41, 5.74) is 1.38. The average molecular weight is 236 g/mol. The summed E-state index contributed by atoms with van der Waals surface area (Å²) in [6.07, 6.45) is 1.41. The predicted molar refractivity (Wildman–Crippen MR) is 67.5 cm³/mol. The third-order valence-electron chi connectivity index (χ3n) is 2.96. The summed E-state index contributed by atoms with van der Waals surface area (Å²) in [6, 6.07) is 5.95. The van der Waals surface area contributed by atoms with Crippen molar-refractivity contribution in [2.45, 2.75) is 33.6 Å². The molecule has 0 aliphatic heterocycles. The molecule has 1 N–H and O–H groups in total. The van der Waals surface area contributed by atoms with Gasteiger partial charge in [-0.2, -0.15) is 0 Å². The van der Waals surface area contributed by atoms with Crippen molar-refractivity contribution in [2.75, 3.05) is 7.11 Å². The smallest absolute Gasteiger partial charge is 0.309 e. The zero-order chi connectivity index (χ0) is 13.1. The molecular weight excluding hydrogens is 216 g/mol. The minimum atomic E-state index is -0.790. The first-order valence-corrected chi connectivity index (χ1v) is 5.80. The summed E-state index contributed by atoms with van der Waals surface area (Å²) in [5, 5.41) is 9.15. The summed E-state index contributed by atoms with van der Waals surface area (Å²) >= 11 is 0. The second-order valence-electron chi connectivity index (χ2n) is 4.87. The molecule has 1 aromatic carbocycles. The van der Waals surface area contributed by atoms with Gasteiger partial charge in [0.15, 0.2) is 0 Å². The van der Waals surface area contributed by atoms with Crippen LogP contribution in [-0.4, -0.2) is 18.2 Å². The number of aryl methyl sites for hydroxylation is 1. The molecule has 0 heterocycles. The Morgan fingerprint density at radius 3 is 2.53 bits per heavy atom. The van der Waals surface area contributed by atoms with E-state index >= 15 is 0 Å². The van der Waals surface area contributed by atoms with Crippen LogP contribution in [0.25, 0.3) is 0 Å². The summed E-state index contributed by atoms with van der Waals surface area (Å²) in [5.74, 6) is -0.0296. The highest BCUT2D eigenvalue weighted by Gasteiger charge is 2.28. The van der Waals surface area contributed by atoms with Crippen LogP contribution in [-0.2, 0) is 17.6 Å². The van der Waals surface area contributed by atoms with E-state index in [1.165, 1.54) is 5.56 Å². The molecule has 0 unspecified atom stereocenters. The second kappa shape index (κ2) is 5.21. The van der Waals surface area contributed by atoms with Gasteiger partial charge in [-0.05, 0) is 43.9 Å². The molecule has 0 aliphatic rings. The van der Waals surface area contributed by atoms with E-state index in [1.54, 1.807) is 21.0 Å².